The Bertz CT molecular complexity index is 905. The van der Waals surface area contributed by atoms with Crippen LogP contribution in [-0.2, 0) is 11.3 Å². The van der Waals surface area contributed by atoms with Crippen molar-refractivity contribution in [2.24, 2.45) is 5.92 Å². The highest BCUT2D eigenvalue weighted by atomic mass is 19.4. The number of rotatable bonds is 8. The molecule has 1 aromatic heterocycles. The quantitative estimate of drug-likeness (QED) is 0.656. The van der Waals surface area contributed by atoms with Crippen LogP contribution in [0.5, 0.6) is 11.5 Å². The predicted molar refractivity (Wildman–Crippen MR) is 96.8 cm³/mol. The Morgan fingerprint density at radius 1 is 1.24 bits per heavy atom. The minimum absolute atomic E-state index is 0.0131. The normalized spacial score (nSPS) is 11.6. The summed E-state index contributed by atoms with van der Waals surface area (Å²) in [6.45, 7) is 1.23. The van der Waals surface area contributed by atoms with Gasteiger partial charge in [0.15, 0.2) is 17.3 Å². The van der Waals surface area contributed by atoms with Crippen molar-refractivity contribution in [3.8, 4) is 22.9 Å². The van der Waals surface area contributed by atoms with Gasteiger partial charge in [-0.25, -0.2) is 9.36 Å². The molecule has 0 aliphatic heterocycles. The number of halogens is 3. The number of ether oxygens (including phenoxy) is 2. The molecule has 29 heavy (non-hydrogen) atoms. The van der Waals surface area contributed by atoms with Crippen molar-refractivity contribution >= 4 is 5.91 Å². The Morgan fingerprint density at radius 3 is 2.45 bits per heavy atom. The topological polar surface area (TPSA) is 86.8 Å². The molecule has 0 saturated carbocycles. The first-order valence-electron chi connectivity index (χ1n) is 8.69. The van der Waals surface area contributed by atoms with Crippen LogP contribution in [0.1, 0.15) is 13.8 Å². The summed E-state index contributed by atoms with van der Waals surface area (Å²) in [5, 5.41) is 3.65. The number of alkyl halides is 3. The standard InChI is InChI=1S/C18H22F3N3O5/c1-11(2)8-23(10-18(19,20)21)15(25)9-24-16(22-29-17(24)26)12-5-6-13(27-3)14(7-12)28-4/h5-7,11H,8-10H2,1-4H3. The first kappa shape index (κ1) is 22.3. The fourth-order valence-electron chi connectivity index (χ4n) is 2.74. The van der Waals surface area contributed by atoms with Crippen LogP contribution in [-0.4, -0.2) is 54.0 Å². The summed E-state index contributed by atoms with van der Waals surface area (Å²) in [7, 11) is 2.87. The van der Waals surface area contributed by atoms with Gasteiger partial charge in [0.1, 0.15) is 13.1 Å². The van der Waals surface area contributed by atoms with Crippen LogP contribution in [0.15, 0.2) is 27.5 Å². The molecule has 0 saturated heterocycles. The number of methoxy groups -OCH3 is 2. The molecule has 0 aliphatic rings. The SMILES string of the molecule is COc1ccc(-c2noc(=O)n2CC(=O)N(CC(C)C)CC(F)(F)F)cc1OC. The molecule has 0 spiro atoms. The van der Waals surface area contributed by atoms with E-state index in [0.29, 0.717) is 22.0 Å². The molecule has 11 heteroatoms. The zero-order valence-corrected chi connectivity index (χ0v) is 16.4. The summed E-state index contributed by atoms with van der Waals surface area (Å²) >= 11 is 0. The van der Waals surface area contributed by atoms with Crippen LogP contribution in [0, 0.1) is 5.92 Å². The van der Waals surface area contributed by atoms with E-state index in [2.05, 4.69) is 9.68 Å². The highest BCUT2D eigenvalue weighted by molar-refractivity contribution is 5.77. The average molecular weight is 417 g/mol. The van der Waals surface area contributed by atoms with Crippen LogP contribution in [0.4, 0.5) is 13.2 Å². The van der Waals surface area contributed by atoms with Gasteiger partial charge in [0.25, 0.3) is 0 Å². The lowest BCUT2D eigenvalue weighted by atomic mass is 10.2. The third-order valence-corrected chi connectivity index (χ3v) is 3.93. The van der Waals surface area contributed by atoms with E-state index < -0.39 is 30.9 Å². The van der Waals surface area contributed by atoms with Gasteiger partial charge >= 0.3 is 11.9 Å². The zero-order valence-electron chi connectivity index (χ0n) is 16.4. The van der Waals surface area contributed by atoms with Gasteiger partial charge in [0, 0.05) is 12.1 Å². The van der Waals surface area contributed by atoms with Gasteiger partial charge in [-0.15, -0.1) is 0 Å². The molecule has 160 valence electrons. The molecule has 1 amide bonds. The van der Waals surface area contributed by atoms with Crippen molar-refractivity contribution in [3.05, 3.63) is 28.7 Å². The van der Waals surface area contributed by atoms with Crippen molar-refractivity contribution in [1.82, 2.24) is 14.6 Å². The van der Waals surface area contributed by atoms with E-state index in [1.165, 1.54) is 20.3 Å². The van der Waals surface area contributed by atoms with E-state index >= 15 is 0 Å². The van der Waals surface area contributed by atoms with Gasteiger partial charge in [-0.1, -0.05) is 19.0 Å². The Morgan fingerprint density at radius 2 is 1.90 bits per heavy atom. The molecule has 0 radical (unpaired) electrons. The van der Waals surface area contributed by atoms with Crippen LogP contribution in [0.3, 0.4) is 0 Å². The molecule has 0 atom stereocenters. The minimum atomic E-state index is -4.56. The molecule has 0 aliphatic carbocycles. The number of hydrogen-bond acceptors (Lipinski definition) is 6. The molecule has 1 heterocycles. The van der Waals surface area contributed by atoms with Crippen LogP contribution in [0.25, 0.3) is 11.4 Å². The first-order valence-corrected chi connectivity index (χ1v) is 8.69. The monoisotopic (exact) mass is 417 g/mol. The van der Waals surface area contributed by atoms with E-state index in [-0.39, 0.29) is 18.3 Å². The van der Waals surface area contributed by atoms with Crippen molar-refractivity contribution in [2.45, 2.75) is 26.6 Å². The van der Waals surface area contributed by atoms with Gasteiger partial charge < -0.3 is 14.4 Å². The lowest BCUT2D eigenvalue weighted by Gasteiger charge is -2.25. The van der Waals surface area contributed by atoms with Crippen molar-refractivity contribution in [1.29, 1.82) is 0 Å². The molecule has 0 unspecified atom stereocenters. The second-order valence-electron chi connectivity index (χ2n) is 6.71. The third-order valence-electron chi connectivity index (χ3n) is 3.93. The molecule has 8 nitrogen and oxygen atoms in total. The number of aromatic nitrogens is 2. The smallest absolute Gasteiger partial charge is 0.442 e. The fourth-order valence-corrected chi connectivity index (χ4v) is 2.74. The number of carbonyl (C=O) groups is 1. The molecule has 0 fully saturated rings. The van der Waals surface area contributed by atoms with Gasteiger partial charge in [-0.05, 0) is 24.1 Å². The predicted octanol–water partition coefficient (Wildman–Crippen LogP) is 2.57. The number of amides is 1. The Balaban J connectivity index is 2.35. The van der Waals surface area contributed by atoms with Crippen LogP contribution >= 0.6 is 0 Å². The summed E-state index contributed by atoms with van der Waals surface area (Å²) in [6, 6.07) is 4.63. The number of carbonyl (C=O) groups excluding carboxylic acids is 1. The third kappa shape index (κ3) is 5.75. The van der Waals surface area contributed by atoms with Crippen molar-refractivity contribution in [2.75, 3.05) is 27.3 Å². The van der Waals surface area contributed by atoms with Crippen molar-refractivity contribution < 1.29 is 32.0 Å². The summed E-state index contributed by atoms with van der Waals surface area (Å²) in [5.41, 5.74) is 0.368. The van der Waals surface area contributed by atoms with Crippen molar-refractivity contribution in [3.63, 3.8) is 0 Å². The van der Waals surface area contributed by atoms with Gasteiger partial charge in [0.2, 0.25) is 5.91 Å². The Hall–Kier alpha value is -2.98. The number of nitrogens with zero attached hydrogens (tertiary/aromatic N) is 3. The second kappa shape index (κ2) is 9.01. The van der Waals surface area contributed by atoms with E-state index in [1.54, 1.807) is 26.0 Å². The highest BCUT2D eigenvalue weighted by Gasteiger charge is 2.33. The summed E-state index contributed by atoms with van der Waals surface area (Å²) < 4.78 is 54.4. The zero-order chi connectivity index (χ0) is 21.8. The van der Waals surface area contributed by atoms with Gasteiger partial charge in [0.05, 0.1) is 14.2 Å². The van der Waals surface area contributed by atoms with E-state index in [0.717, 1.165) is 4.57 Å². The lowest BCUT2D eigenvalue weighted by Crippen LogP contribution is -2.43. The highest BCUT2D eigenvalue weighted by Crippen LogP contribution is 2.31. The lowest BCUT2D eigenvalue weighted by molar-refractivity contribution is -0.162. The molecule has 2 rings (SSSR count). The number of hydrogen-bond donors (Lipinski definition) is 0. The van der Waals surface area contributed by atoms with E-state index in [4.69, 9.17) is 9.47 Å². The largest absolute Gasteiger partial charge is 0.493 e. The molecule has 0 bridgehead atoms. The Kier molecular flexibility index (Phi) is 6.93. The molecular weight excluding hydrogens is 395 g/mol. The summed E-state index contributed by atoms with van der Waals surface area (Å²) in [4.78, 5) is 25.2. The first-order chi connectivity index (χ1) is 13.6. The molecule has 2 aromatic rings. The van der Waals surface area contributed by atoms with E-state index in [9.17, 15) is 22.8 Å². The fraction of sp³-hybridized carbons (Fsp3) is 0.500. The van der Waals surface area contributed by atoms with Gasteiger partial charge in [-0.2, -0.15) is 13.2 Å². The van der Waals surface area contributed by atoms with Gasteiger partial charge in [-0.3, -0.25) is 9.32 Å². The Labute approximate surface area is 164 Å². The minimum Gasteiger partial charge on any atom is -0.493 e. The molecule has 1 aromatic carbocycles. The second-order valence-corrected chi connectivity index (χ2v) is 6.71. The summed E-state index contributed by atoms with van der Waals surface area (Å²) in [6.07, 6.45) is -4.56. The average Bonchev–Trinajstić information content (AvgIpc) is 2.99. The van der Waals surface area contributed by atoms with Crippen LogP contribution in [0.2, 0.25) is 0 Å². The van der Waals surface area contributed by atoms with Crippen LogP contribution < -0.4 is 15.2 Å². The molecular formula is C18H22F3N3O5. The van der Waals surface area contributed by atoms with E-state index in [1.807, 2.05) is 0 Å². The maximum absolute atomic E-state index is 12.9. The number of benzene rings is 1. The summed E-state index contributed by atoms with van der Waals surface area (Å²) in [5.74, 6) is -1.26. The maximum Gasteiger partial charge on any atom is 0.442 e. The maximum atomic E-state index is 12.9. The molecule has 0 N–H and O–H groups in total.